The maximum Gasteiger partial charge on any atom is 0.245 e. The Morgan fingerprint density at radius 1 is 1.23 bits per heavy atom. The first-order valence-electron chi connectivity index (χ1n) is 6.71. The molecule has 120 valence electrons. The second-order valence-corrected chi connectivity index (χ2v) is 8.91. The van der Waals surface area contributed by atoms with Crippen LogP contribution in [-0.4, -0.2) is 41.3 Å². The average molecular weight is 343 g/mol. The van der Waals surface area contributed by atoms with Crippen LogP contribution in [0.2, 0.25) is 0 Å². The Morgan fingerprint density at radius 3 is 2.36 bits per heavy atom. The van der Waals surface area contributed by atoms with Gasteiger partial charge in [-0.2, -0.15) is 9.57 Å². The van der Waals surface area contributed by atoms with Crippen LogP contribution in [0.5, 0.6) is 0 Å². The van der Waals surface area contributed by atoms with Gasteiger partial charge in [-0.05, 0) is 30.9 Å². The van der Waals surface area contributed by atoms with Gasteiger partial charge in [0.1, 0.15) is 16.3 Å². The average Bonchev–Trinajstić information content (AvgIpc) is 3.30. The van der Waals surface area contributed by atoms with Crippen molar-refractivity contribution in [2.75, 3.05) is 20.1 Å². The van der Waals surface area contributed by atoms with E-state index >= 15 is 0 Å². The van der Waals surface area contributed by atoms with Gasteiger partial charge in [0.25, 0.3) is 0 Å². The number of nitrogens with zero attached hydrogens (tertiary/aromatic N) is 2. The van der Waals surface area contributed by atoms with Gasteiger partial charge in [0, 0.05) is 13.6 Å². The van der Waals surface area contributed by atoms with Crippen molar-refractivity contribution in [3.8, 4) is 6.07 Å². The van der Waals surface area contributed by atoms with E-state index in [1.54, 1.807) is 6.07 Å². The quantitative estimate of drug-likeness (QED) is 0.726. The summed E-state index contributed by atoms with van der Waals surface area (Å²) in [7, 11) is -6.73. The van der Waals surface area contributed by atoms with Crippen LogP contribution in [0.25, 0.3) is 0 Å². The molecule has 0 amide bonds. The van der Waals surface area contributed by atoms with E-state index in [0.29, 0.717) is 12.5 Å². The smallest absolute Gasteiger partial charge is 0.211 e. The molecule has 1 saturated carbocycles. The van der Waals surface area contributed by atoms with Gasteiger partial charge in [0.15, 0.2) is 0 Å². The SMILES string of the molecule is CN(CC#N)S(=O)(=O)c1ccccc1S(=O)(=O)NCC1CC1. The molecule has 22 heavy (non-hydrogen) atoms. The summed E-state index contributed by atoms with van der Waals surface area (Å²) in [4.78, 5) is -0.614. The Hall–Kier alpha value is -1.47. The zero-order valence-corrected chi connectivity index (χ0v) is 13.7. The molecule has 2 rings (SSSR count). The van der Waals surface area contributed by atoms with Crippen molar-refractivity contribution >= 4 is 20.0 Å². The van der Waals surface area contributed by atoms with E-state index in [-0.39, 0.29) is 16.3 Å². The summed E-state index contributed by atoms with van der Waals surface area (Å²) in [6.07, 6.45) is 1.96. The fraction of sp³-hybridized carbons (Fsp3) is 0.462. The fourth-order valence-corrected chi connectivity index (χ4v) is 4.85. The lowest BCUT2D eigenvalue weighted by Gasteiger charge is -2.17. The van der Waals surface area contributed by atoms with Gasteiger partial charge in [0.05, 0.1) is 6.07 Å². The molecule has 0 atom stereocenters. The summed E-state index contributed by atoms with van der Waals surface area (Å²) in [5.74, 6) is 0.333. The van der Waals surface area contributed by atoms with Gasteiger partial charge in [-0.25, -0.2) is 21.6 Å². The highest BCUT2D eigenvalue weighted by Crippen LogP contribution is 2.29. The molecule has 1 aromatic rings. The highest BCUT2D eigenvalue weighted by molar-refractivity contribution is 7.92. The molecule has 7 nitrogen and oxygen atoms in total. The third-order valence-electron chi connectivity index (χ3n) is 3.38. The minimum Gasteiger partial charge on any atom is -0.211 e. The Morgan fingerprint density at radius 2 is 1.82 bits per heavy atom. The zero-order chi connectivity index (χ0) is 16.4. The lowest BCUT2D eigenvalue weighted by Crippen LogP contribution is -2.31. The summed E-state index contributed by atoms with van der Waals surface area (Å²) >= 11 is 0. The summed E-state index contributed by atoms with van der Waals surface area (Å²) in [6.45, 7) is -0.0447. The molecule has 0 aromatic heterocycles. The van der Waals surface area contributed by atoms with E-state index in [0.717, 1.165) is 17.1 Å². The van der Waals surface area contributed by atoms with Crippen molar-refractivity contribution in [2.24, 2.45) is 5.92 Å². The number of nitriles is 1. The molecule has 0 spiro atoms. The van der Waals surface area contributed by atoms with Crippen LogP contribution in [0.1, 0.15) is 12.8 Å². The molecule has 1 aliphatic carbocycles. The maximum absolute atomic E-state index is 12.4. The third-order valence-corrected chi connectivity index (χ3v) is 6.85. The molecule has 0 bridgehead atoms. The van der Waals surface area contributed by atoms with Crippen molar-refractivity contribution in [2.45, 2.75) is 22.6 Å². The van der Waals surface area contributed by atoms with Gasteiger partial charge in [-0.1, -0.05) is 12.1 Å². The van der Waals surface area contributed by atoms with E-state index in [1.165, 1.54) is 31.3 Å². The number of benzene rings is 1. The van der Waals surface area contributed by atoms with Crippen LogP contribution in [0.3, 0.4) is 0 Å². The van der Waals surface area contributed by atoms with Gasteiger partial charge in [-0.15, -0.1) is 0 Å². The monoisotopic (exact) mass is 343 g/mol. The first kappa shape index (κ1) is 16.9. The lowest BCUT2D eigenvalue weighted by molar-refractivity contribution is 0.498. The highest BCUT2D eigenvalue weighted by atomic mass is 32.2. The molecule has 0 radical (unpaired) electrons. The van der Waals surface area contributed by atoms with Crippen LogP contribution >= 0.6 is 0 Å². The second kappa shape index (κ2) is 6.34. The topological polar surface area (TPSA) is 107 Å². The van der Waals surface area contributed by atoms with Crippen LogP contribution in [-0.2, 0) is 20.0 Å². The minimum atomic E-state index is -4.05. The highest BCUT2D eigenvalue weighted by Gasteiger charge is 2.30. The first-order valence-corrected chi connectivity index (χ1v) is 9.63. The van der Waals surface area contributed by atoms with Crippen molar-refractivity contribution < 1.29 is 16.8 Å². The molecule has 1 fully saturated rings. The van der Waals surface area contributed by atoms with E-state index in [9.17, 15) is 16.8 Å². The summed E-state index contributed by atoms with van der Waals surface area (Å²) in [6, 6.07) is 7.13. The Bertz CT molecular complexity index is 793. The van der Waals surface area contributed by atoms with Crippen molar-refractivity contribution in [1.29, 1.82) is 5.26 Å². The van der Waals surface area contributed by atoms with Gasteiger partial charge in [-0.3, -0.25) is 0 Å². The zero-order valence-electron chi connectivity index (χ0n) is 12.1. The summed E-state index contributed by atoms with van der Waals surface area (Å²) in [5.41, 5.74) is 0. The van der Waals surface area contributed by atoms with E-state index < -0.39 is 20.0 Å². The van der Waals surface area contributed by atoms with Crippen LogP contribution in [0.15, 0.2) is 34.1 Å². The molecule has 1 aromatic carbocycles. The Kier molecular flexibility index (Phi) is 4.87. The summed E-state index contributed by atoms with van der Waals surface area (Å²) < 4.78 is 52.8. The molecule has 0 unspecified atom stereocenters. The van der Waals surface area contributed by atoms with Crippen molar-refractivity contribution in [1.82, 2.24) is 9.03 Å². The van der Waals surface area contributed by atoms with E-state index in [2.05, 4.69) is 4.72 Å². The van der Waals surface area contributed by atoms with E-state index in [1.807, 2.05) is 0 Å². The van der Waals surface area contributed by atoms with Gasteiger partial charge in [0.2, 0.25) is 20.0 Å². The van der Waals surface area contributed by atoms with Crippen LogP contribution in [0.4, 0.5) is 0 Å². The number of rotatable bonds is 7. The Labute approximate surface area is 130 Å². The maximum atomic E-state index is 12.4. The fourth-order valence-electron chi connectivity index (χ4n) is 1.87. The standard InChI is InChI=1S/C13H17N3O4S2/c1-16(9-8-14)22(19,20)13-5-3-2-4-12(13)21(17,18)15-10-11-6-7-11/h2-5,11,15H,6-7,9-10H2,1H3. The van der Waals surface area contributed by atoms with Crippen molar-refractivity contribution in [3.05, 3.63) is 24.3 Å². The molecule has 9 heteroatoms. The first-order chi connectivity index (χ1) is 10.3. The van der Waals surface area contributed by atoms with Gasteiger partial charge >= 0.3 is 0 Å². The third kappa shape index (κ3) is 3.64. The molecule has 0 aliphatic heterocycles. The second-order valence-electron chi connectivity index (χ2n) is 5.16. The predicted octanol–water partition coefficient (Wildman–Crippen LogP) is 0.519. The number of nitrogens with one attached hydrogen (secondary N) is 1. The Balaban J connectivity index is 2.40. The molecular formula is C13H17N3O4S2. The van der Waals surface area contributed by atoms with Gasteiger partial charge < -0.3 is 0 Å². The van der Waals surface area contributed by atoms with Crippen LogP contribution in [0, 0.1) is 17.2 Å². The number of sulfonamides is 2. The van der Waals surface area contributed by atoms with Crippen LogP contribution < -0.4 is 4.72 Å². The molecular weight excluding hydrogens is 326 g/mol. The molecule has 1 N–H and O–H groups in total. The predicted molar refractivity (Wildman–Crippen MR) is 79.8 cm³/mol. The van der Waals surface area contributed by atoms with Crippen molar-refractivity contribution in [3.63, 3.8) is 0 Å². The molecule has 0 heterocycles. The largest absolute Gasteiger partial charge is 0.245 e. The van der Waals surface area contributed by atoms with E-state index in [4.69, 9.17) is 5.26 Å². The normalized spacial score (nSPS) is 15.7. The molecule has 1 aliphatic rings. The molecule has 0 saturated heterocycles. The minimum absolute atomic E-state index is 0.291. The lowest BCUT2D eigenvalue weighted by atomic mass is 10.4. The number of hydrogen-bond donors (Lipinski definition) is 1. The summed E-state index contributed by atoms with van der Waals surface area (Å²) in [5, 5.41) is 8.64. The number of hydrogen-bond acceptors (Lipinski definition) is 5.